The smallest absolute Gasteiger partial charge is 0.321 e. The minimum absolute atomic E-state index is 0.0353. The van der Waals surface area contributed by atoms with Gasteiger partial charge in [0.25, 0.3) is 0 Å². The Morgan fingerprint density at radius 3 is 2.32 bits per heavy atom. The van der Waals surface area contributed by atoms with Crippen molar-refractivity contribution in [3.63, 3.8) is 0 Å². The predicted molar refractivity (Wildman–Crippen MR) is 105 cm³/mol. The van der Waals surface area contributed by atoms with E-state index in [0.29, 0.717) is 19.0 Å². The number of hydrogen-bond donors (Lipinski definition) is 1. The number of carbonyl (C=O) groups is 1. The van der Waals surface area contributed by atoms with Crippen molar-refractivity contribution in [3.05, 3.63) is 59.1 Å². The monoisotopic (exact) mass is 357 g/mol. The normalized spacial score (nSPS) is 14.7. The molecule has 1 fully saturated rings. The first-order valence-electron chi connectivity index (χ1n) is 8.70. The van der Waals surface area contributed by atoms with Gasteiger partial charge in [0.05, 0.1) is 10.7 Å². The highest BCUT2D eigenvalue weighted by Crippen LogP contribution is 2.27. The number of amides is 2. The first-order valence-corrected chi connectivity index (χ1v) is 9.08. The van der Waals surface area contributed by atoms with Gasteiger partial charge in [0.15, 0.2) is 0 Å². The van der Waals surface area contributed by atoms with E-state index in [9.17, 15) is 4.79 Å². The minimum Gasteiger partial charge on any atom is -0.367 e. The Morgan fingerprint density at radius 1 is 1.00 bits per heavy atom. The van der Waals surface area contributed by atoms with Gasteiger partial charge in [-0.25, -0.2) is 4.79 Å². The molecule has 1 saturated heterocycles. The molecule has 1 aliphatic heterocycles. The third-order valence-electron chi connectivity index (χ3n) is 4.58. The molecule has 0 radical (unpaired) electrons. The number of benzene rings is 2. The maximum absolute atomic E-state index is 12.6. The molecule has 4 nitrogen and oxygen atoms in total. The molecule has 1 aliphatic rings. The molecule has 0 aliphatic carbocycles. The van der Waals surface area contributed by atoms with Gasteiger partial charge < -0.3 is 15.1 Å². The average Bonchev–Trinajstić information content (AvgIpc) is 2.62. The highest BCUT2D eigenvalue weighted by atomic mass is 35.5. The first kappa shape index (κ1) is 17.6. The van der Waals surface area contributed by atoms with Gasteiger partial charge in [-0.05, 0) is 29.7 Å². The number of nitrogens with one attached hydrogen (secondary N) is 1. The summed E-state index contributed by atoms with van der Waals surface area (Å²) < 4.78 is 0. The van der Waals surface area contributed by atoms with Gasteiger partial charge in [-0.15, -0.1) is 0 Å². The van der Waals surface area contributed by atoms with Crippen LogP contribution in [0.3, 0.4) is 0 Å². The van der Waals surface area contributed by atoms with Crippen LogP contribution in [0.4, 0.5) is 16.2 Å². The fourth-order valence-corrected chi connectivity index (χ4v) is 3.42. The molecule has 3 rings (SSSR count). The number of nitrogens with zero attached hydrogens (tertiary/aromatic N) is 2. The van der Waals surface area contributed by atoms with E-state index < -0.39 is 0 Å². The van der Waals surface area contributed by atoms with Gasteiger partial charge in [-0.1, -0.05) is 55.8 Å². The molecule has 0 saturated carbocycles. The average molecular weight is 358 g/mol. The third kappa shape index (κ3) is 4.07. The number of piperazine rings is 1. The lowest BCUT2D eigenvalue weighted by Gasteiger charge is -2.36. The van der Waals surface area contributed by atoms with Crippen molar-refractivity contribution in [2.75, 3.05) is 36.4 Å². The molecule has 25 heavy (non-hydrogen) atoms. The summed E-state index contributed by atoms with van der Waals surface area (Å²) in [5.74, 6) is 0.369. The number of halogens is 1. The van der Waals surface area contributed by atoms with Crippen molar-refractivity contribution in [2.24, 2.45) is 0 Å². The van der Waals surface area contributed by atoms with E-state index in [1.807, 2.05) is 47.4 Å². The van der Waals surface area contributed by atoms with Crippen LogP contribution in [0, 0.1) is 0 Å². The van der Waals surface area contributed by atoms with Gasteiger partial charge in [0.2, 0.25) is 0 Å². The fourth-order valence-electron chi connectivity index (χ4n) is 3.17. The topological polar surface area (TPSA) is 35.6 Å². The summed E-state index contributed by atoms with van der Waals surface area (Å²) in [6.07, 6.45) is 0. The summed E-state index contributed by atoms with van der Waals surface area (Å²) in [5, 5.41) is 3.83. The molecule has 2 aromatic carbocycles. The van der Waals surface area contributed by atoms with Crippen LogP contribution in [-0.2, 0) is 0 Å². The lowest BCUT2D eigenvalue weighted by Crippen LogP contribution is -2.50. The third-order valence-corrected chi connectivity index (χ3v) is 4.90. The summed E-state index contributed by atoms with van der Waals surface area (Å²) >= 11 is 6.28. The van der Waals surface area contributed by atoms with Gasteiger partial charge in [-0.3, -0.25) is 0 Å². The Morgan fingerprint density at radius 2 is 1.64 bits per heavy atom. The van der Waals surface area contributed by atoms with Crippen molar-refractivity contribution in [2.45, 2.75) is 19.8 Å². The molecule has 0 bridgehead atoms. The van der Waals surface area contributed by atoms with Crippen LogP contribution in [0.5, 0.6) is 0 Å². The van der Waals surface area contributed by atoms with Crippen LogP contribution in [0.15, 0.2) is 48.5 Å². The van der Waals surface area contributed by atoms with E-state index in [-0.39, 0.29) is 6.03 Å². The first-order chi connectivity index (χ1) is 12.1. The number of anilines is 2. The summed E-state index contributed by atoms with van der Waals surface area (Å²) in [7, 11) is 0. The zero-order valence-electron chi connectivity index (χ0n) is 14.7. The van der Waals surface area contributed by atoms with E-state index in [1.54, 1.807) is 0 Å². The molecule has 0 atom stereocenters. The van der Waals surface area contributed by atoms with Crippen LogP contribution in [0.25, 0.3) is 0 Å². The highest BCUT2D eigenvalue weighted by molar-refractivity contribution is 6.33. The van der Waals surface area contributed by atoms with Crippen LogP contribution < -0.4 is 10.2 Å². The zero-order chi connectivity index (χ0) is 17.8. The summed E-state index contributed by atoms with van der Waals surface area (Å²) in [6, 6.07) is 15.8. The molecular formula is C20H24ClN3O. The van der Waals surface area contributed by atoms with Crippen molar-refractivity contribution >= 4 is 29.0 Å². The van der Waals surface area contributed by atoms with Crippen LogP contribution >= 0.6 is 11.6 Å². The highest BCUT2D eigenvalue weighted by Gasteiger charge is 2.23. The maximum Gasteiger partial charge on any atom is 0.321 e. The van der Waals surface area contributed by atoms with Gasteiger partial charge in [0, 0.05) is 31.9 Å². The fraction of sp³-hybridized carbons (Fsp3) is 0.350. The van der Waals surface area contributed by atoms with Gasteiger partial charge >= 0.3 is 6.03 Å². The second-order valence-electron chi connectivity index (χ2n) is 6.60. The van der Waals surface area contributed by atoms with E-state index in [1.165, 1.54) is 0 Å². The molecule has 1 heterocycles. The Bertz CT molecular complexity index is 739. The van der Waals surface area contributed by atoms with E-state index in [0.717, 1.165) is 35.1 Å². The number of carbonyl (C=O) groups excluding carboxylic acids is 1. The Labute approximate surface area is 154 Å². The van der Waals surface area contributed by atoms with E-state index in [2.05, 4.69) is 30.1 Å². The van der Waals surface area contributed by atoms with Crippen molar-refractivity contribution < 1.29 is 4.79 Å². The minimum atomic E-state index is -0.0353. The van der Waals surface area contributed by atoms with Crippen molar-refractivity contribution in [1.29, 1.82) is 0 Å². The van der Waals surface area contributed by atoms with Crippen LogP contribution in [0.1, 0.15) is 25.3 Å². The predicted octanol–water partition coefficient (Wildman–Crippen LogP) is 4.82. The molecular weight excluding hydrogens is 334 g/mol. The van der Waals surface area contributed by atoms with Gasteiger partial charge in [0.1, 0.15) is 0 Å². The number of urea groups is 1. The van der Waals surface area contributed by atoms with Crippen LogP contribution in [0.2, 0.25) is 5.02 Å². The molecule has 0 spiro atoms. The van der Waals surface area contributed by atoms with Crippen LogP contribution in [-0.4, -0.2) is 37.1 Å². The number of para-hydroxylation sites is 2. The maximum atomic E-state index is 12.6. The molecule has 2 aromatic rings. The summed E-state index contributed by atoms with van der Waals surface area (Å²) in [6.45, 7) is 7.19. The second-order valence-corrected chi connectivity index (χ2v) is 7.00. The summed E-state index contributed by atoms with van der Waals surface area (Å²) in [5.41, 5.74) is 3.09. The van der Waals surface area contributed by atoms with Crippen molar-refractivity contribution in [3.8, 4) is 0 Å². The largest absolute Gasteiger partial charge is 0.367 e. The molecule has 2 amide bonds. The summed E-state index contributed by atoms with van der Waals surface area (Å²) in [4.78, 5) is 16.7. The molecule has 132 valence electrons. The Balaban J connectivity index is 1.62. The number of rotatable bonds is 3. The molecule has 0 unspecified atom stereocenters. The SMILES string of the molecule is CC(C)c1ccccc1NC(=O)N1CCN(c2ccccc2Cl)CC1. The van der Waals surface area contributed by atoms with Crippen molar-refractivity contribution in [1.82, 2.24) is 4.90 Å². The Hall–Kier alpha value is -2.20. The lowest BCUT2D eigenvalue weighted by atomic mass is 10.0. The molecule has 5 heteroatoms. The van der Waals surface area contributed by atoms with E-state index in [4.69, 9.17) is 11.6 Å². The zero-order valence-corrected chi connectivity index (χ0v) is 15.5. The quantitative estimate of drug-likeness (QED) is 0.854. The molecule has 1 N–H and O–H groups in total. The lowest BCUT2D eigenvalue weighted by molar-refractivity contribution is 0.208. The second kappa shape index (κ2) is 7.79. The molecule has 0 aromatic heterocycles. The number of hydrogen-bond acceptors (Lipinski definition) is 2. The van der Waals surface area contributed by atoms with E-state index >= 15 is 0 Å². The van der Waals surface area contributed by atoms with Gasteiger partial charge in [-0.2, -0.15) is 0 Å². The Kier molecular flexibility index (Phi) is 5.49. The standard InChI is InChI=1S/C20H24ClN3O/c1-15(2)16-7-3-5-9-18(16)22-20(25)24-13-11-23(12-14-24)19-10-6-4-8-17(19)21/h3-10,15H,11-14H2,1-2H3,(H,22,25).